The number of anilines is 1. The summed E-state index contributed by atoms with van der Waals surface area (Å²) in [6.07, 6.45) is 4.73. The molecule has 0 aliphatic heterocycles. The normalized spacial score (nSPS) is 10.6. The molecule has 0 amide bonds. The number of aromatic nitrogens is 3. The van der Waals surface area contributed by atoms with Gasteiger partial charge in [-0.2, -0.15) is 0 Å². The quantitative estimate of drug-likeness (QED) is 0.776. The Morgan fingerprint density at radius 3 is 2.63 bits per heavy atom. The van der Waals surface area contributed by atoms with Gasteiger partial charge in [-0.25, -0.2) is 9.97 Å². The summed E-state index contributed by atoms with van der Waals surface area (Å²) in [7, 11) is 0. The second-order valence-corrected chi connectivity index (χ2v) is 4.35. The molecule has 6 heteroatoms. The molecule has 94 valence electrons. The first kappa shape index (κ1) is 11.7. The first-order valence-corrected chi connectivity index (χ1v) is 5.90. The summed E-state index contributed by atoms with van der Waals surface area (Å²) in [6, 6.07) is 7.33. The van der Waals surface area contributed by atoms with Crippen LogP contribution in [-0.2, 0) is 0 Å². The maximum Gasteiger partial charge on any atom is 0.180 e. The molecule has 2 heterocycles. The highest BCUT2D eigenvalue weighted by Crippen LogP contribution is 2.36. The molecule has 2 N–H and O–H groups in total. The third-order valence-corrected chi connectivity index (χ3v) is 2.89. The summed E-state index contributed by atoms with van der Waals surface area (Å²) in [5.74, 6) is 0.835. The van der Waals surface area contributed by atoms with Gasteiger partial charge in [-0.1, -0.05) is 28.9 Å². The number of halogens is 1. The third-order valence-electron chi connectivity index (χ3n) is 2.65. The molecule has 0 saturated heterocycles. The molecule has 3 rings (SSSR count). The monoisotopic (exact) mass is 272 g/mol. The molecule has 0 unspecified atom stereocenters. The van der Waals surface area contributed by atoms with Crippen LogP contribution < -0.4 is 5.73 Å². The number of rotatable bonds is 2. The van der Waals surface area contributed by atoms with Gasteiger partial charge in [0.25, 0.3) is 0 Å². The van der Waals surface area contributed by atoms with Gasteiger partial charge in [0.1, 0.15) is 6.33 Å². The largest absolute Gasteiger partial charge is 0.380 e. The molecule has 0 aliphatic rings. The van der Waals surface area contributed by atoms with Crippen LogP contribution in [0.5, 0.6) is 0 Å². The fourth-order valence-corrected chi connectivity index (χ4v) is 2.03. The van der Waals surface area contributed by atoms with E-state index in [2.05, 4.69) is 15.1 Å². The Labute approximate surface area is 114 Å². The van der Waals surface area contributed by atoms with E-state index >= 15 is 0 Å². The van der Waals surface area contributed by atoms with E-state index in [4.69, 9.17) is 21.9 Å². The van der Waals surface area contributed by atoms with Crippen LogP contribution in [0.25, 0.3) is 22.5 Å². The average Bonchev–Trinajstić information content (AvgIpc) is 2.82. The maximum atomic E-state index is 6.00. The number of nitrogen functional groups attached to an aromatic ring is 1. The Morgan fingerprint density at radius 1 is 1.11 bits per heavy atom. The fourth-order valence-electron chi connectivity index (χ4n) is 1.84. The van der Waals surface area contributed by atoms with E-state index in [-0.39, 0.29) is 0 Å². The highest BCUT2D eigenvalue weighted by atomic mass is 35.5. The van der Waals surface area contributed by atoms with Gasteiger partial charge in [-0.3, -0.25) is 0 Å². The van der Waals surface area contributed by atoms with Crippen LogP contribution in [0.1, 0.15) is 0 Å². The molecule has 3 aromatic rings. The van der Waals surface area contributed by atoms with Crippen molar-refractivity contribution in [2.24, 2.45) is 0 Å². The highest BCUT2D eigenvalue weighted by Gasteiger charge is 2.18. The Bertz CT molecular complexity index is 712. The summed E-state index contributed by atoms with van der Waals surface area (Å²) in [5.41, 5.74) is 8.11. The second kappa shape index (κ2) is 4.70. The summed E-state index contributed by atoms with van der Waals surface area (Å²) in [6.45, 7) is 0. The molecule has 0 fully saturated rings. The summed E-state index contributed by atoms with van der Waals surface area (Å²) in [4.78, 5) is 7.91. The molecule has 5 nitrogen and oxygen atoms in total. The van der Waals surface area contributed by atoms with Crippen LogP contribution in [0.15, 0.2) is 47.5 Å². The summed E-state index contributed by atoms with van der Waals surface area (Å²) < 4.78 is 5.28. The number of nitrogens with two attached hydrogens (primary N) is 1. The molecule has 0 radical (unpaired) electrons. The molecule has 0 saturated carbocycles. The number of nitrogens with zero attached hydrogens (tertiary/aromatic N) is 3. The topological polar surface area (TPSA) is 77.8 Å². The lowest BCUT2D eigenvalue weighted by atomic mass is 10.0. The molecule has 0 aliphatic carbocycles. The van der Waals surface area contributed by atoms with E-state index in [0.29, 0.717) is 27.7 Å². The van der Waals surface area contributed by atoms with Gasteiger partial charge in [0.05, 0.1) is 11.1 Å². The van der Waals surface area contributed by atoms with Gasteiger partial charge < -0.3 is 10.3 Å². The number of benzene rings is 1. The zero-order chi connectivity index (χ0) is 13.2. The minimum absolute atomic E-state index is 0.307. The van der Waals surface area contributed by atoms with Crippen molar-refractivity contribution in [1.82, 2.24) is 15.1 Å². The van der Waals surface area contributed by atoms with Crippen molar-refractivity contribution in [3.8, 4) is 22.5 Å². The van der Waals surface area contributed by atoms with Gasteiger partial charge in [0.15, 0.2) is 11.6 Å². The van der Waals surface area contributed by atoms with Gasteiger partial charge in [-0.15, -0.1) is 0 Å². The van der Waals surface area contributed by atoms with Gasteiger partial charge in [0, 0.05) is 17.4 Å². The van der Waals surface area contributed by atoms with Crippen molar-refractivity contribution in [2.45, 2.75) is 0 Å². The van der Waals surface area contributed by atoms with Gasteiger partial charge in [0.2, 0.25) is 0 Å². The van der Waals surface area contributed by atoms with Crippen molar-refractivity contribution in [3.05, 3.63) is 48.0 Å². The predicted octanol–water partition coefficient (Wildman–Crippen LogP) is 3.03. The minimum atomic E-state index is 0.307. The Kier molecular flexibility index (Phi) is 2.89. The van der Waals surface area contributed by atoms with Crippen LogP contribution >= 0.6 is 11.6 Å². The van der Waals surface area contributed by atoms with Gasteiger partial charge >= 0.3 is 0 Å². The molecule has 0 bridgehead atoms. The Hall–Kier alpha value is -2.40. The molecule has 0 spiro atoms. The molecule has 1 aromatic carbocycles. The van der Waals surface area contributed by atoms with Crippen LogP contribution in [0.3, 0.4) is 0 Å². The van der Waals surface area contributed by atoms with Crippen LogP contribution in [0, 0.1) is 0 Å². The molecule has 19 heavy (non-hydrogen) atoms. The first-order valence-electron chi connectivity index (χ1n) is 5.52. The van der Waals surface area contributed by atoms with E-state index in [1.165, 1.54) is 6.33 Å². The first-order chi connectivity index (χ1) is 9.25. The van der Waals surface area contributed by atoms with Crippen molar-refractivity contribution < 1.29 is 4.52 Å². The van der Waals surface area contributed by atoms with E-state index in [0.717, 1.165) is 5.56 Å². The lowest BCUT2D eigenvalue weighted by molar-refractivity contribution is 0.436. The number of hydrogen-bond donors (Lipinski definition) is 1. The standard InChI is InChI=1S/C13H9ClN4O/c14-10-3-1-2-8(4-10)11-12(19-18-13(11)15)9-5-16-7-17-6-9/h1-7H,(H2,15,18). The molecule has 0 atom stereocenters. The summed E-state index contributed by atoms with van der Waals surface area (Å²) >= 11 is 6.00. The summed E-state index contributed by atoms with van der Waals surface area (Å²) in [5, 5.41) is 4.42. The Balaban J connectivity index is 2.20. The van der Waals surface area contributed by atoms with Crippen LogP contribution in [-0.4, -0.2) is 15.1 Å². The van der Waals surface area contributed by atoms with Crippen molar-refractivity contribution in [2.75, 3.05) is 5.73 Å². The van der Waals surface area contributed by atoms with E-state index in [9.17, 15) is 0 Å². The van der Waals surface area contributed by atoms with E-state index < -0.39 is 0 Å². The van der Waals surface area contributed by atoms with Crippen LogP contribution in [0.4, 0.5) is 5.82 Å². The Morgan fingerprint density at radius 2 is 1.89 bits per heavy atom. The van der Waals surface area contributed by atoms with Gasteiger partial charge in [-0.05, 0) is 17.7 Å². The van der Waals surface area contributed by atoms with E-state index in [1.54, 1.807) is 24.5 Å². The molecule has 2 aromatic heterocycles. The average molecular weight is 273 g/mol. The predicted molar refractivity (Wildman–Crippen MR) is 72.4 cm³/mol. The van der Waals surface area contributed by atoms with Crippen molar-refractivity contribution >= 4 is 17.4 Å². The van der Waals surface area contributed by atoms with E-state index in [1.807, 2.05) is 12.1 Å². The molecular weight excluding hydrogens is 264 g/mol. The molecular formula is C13H9ClN4O. The minimum Gasteiger partial charge on any atom is -0.380 e. The SMILES string of the molecule is Nc1noc(-c2cncnc2)c1-c1cccc(Cl)c1. The zero-order valence-electron chi connectivity index (χ0n) is 9.75. The number of hydrogen-bond acceptors (Lipinski definition) is 5. The lowest BCUT2D eigenvalue weighted by Crippen LogP contribution is -1.89. The maximum absolute atomic E-state index is 6.00. The fraction of sp³-hybridized carbons (Fsp3) is 0. The lowest BCUT2D eigenvalue weighted by Gasteiger charge is -2.02. The van der Waals surface area contributed by atoms with Crippen molar-refractivity contribution in [1.29, 1.82) is 0 Å². The second-order valence-electron chi connectivity index (χ2n) is 3.91. The smallest absolute Gasteiger partial charge is 0.180 e. The van der Waals surface area contributed by atoms with Crippen LogP contribution in [0.2, 0.25) is 5.02 Å². The zero-order valence-corrected chi connectivity index (χ0v) is 10.5. The van der Waals surface area contributed by atoms with Crippen molar-refractivity contribution in [3.63, 3.8) is 0 Å². The third kappa shape index (κ3) is 2.15. The highest BCUT2D eigenvalue weighted by molar-refractivity contribution is 6.30.